The number of esters is 1. The predicted octanol–water partition coefficient (Wildman–Crippen LogP) is 3.25. The van der Waals surface area contributed by atoms with Crippen LogP contribution in [0, 0.1) is 0 Å². The first-order valence-corrected chi connectivity index (χ1v) is 6.32. The highest BCUT2D eigenvalue weighted by molar-refractivity contribution is 7.99. The Morgan fingerprint density at radius 3 is 2.31 bits per heavy atom. The van der Waals surface area contributed by atoms with Crippen LogP contribution in [0.3, 0.4) is 0 Å². The van der Waals surface area contributed by atoms with Gasteiger partial charge in [-0.15, -0.1) is 11.8 Å². The Kier molecular flexibility index (Phi) is 4.42. The van der Waals surface area contributed by atoms with Gasteiger partial charge in [0.2, 0.25) is 0 Å². The molecule has 0 atom stereocenters. The van der Waals surface area contributed by atoms with Crippen LogP contribution in [0.1, 0.15) is 26.3 Å². The molecule has 0 saturated heterocycles. The van der Waals surface area contributed by atoms with E-state index >= 15 is 0 Å². The summed E-state index contributed by atoms with van der Waals surface area (Å²) in [6, 6.07) is 8.09. The molecule has 0 radical (unpaired) electrons. The monoisotopic (exact) mass is 238 g/mol. The number of carbonyl (C=O) groups excluding carboxylic acids is 1. The van der Waals surface area contributed by atoms with Crippen molar-refractivity contribution >= 4 is 17.7 Å². The van der Waals surface area contributed by atoms with Gasteiger partial charge in [0.1, 0.15) is 0 Å². The van der Waals surface area contributed by atoms with E-state index in [0.717, 1.165) is 11.3 Å². The molecule has 0 aromatic heterocycles. The lowest BCUT2D eigenvalue weighted by Gasteiger charge is -2.22. The molecule has 0 aliphatic heterocycles. The first kappa shape index (κ1) is 13.1. The van der Waals surface area contributed by atoms with Gasteiger partial charge in [-0.25, -0.2) is 0 Å². The maximum absolute atomic E-state index is 11.6. The van der Waals surface area contributed by atoms with Crippen LogP contribution in [0.2, 0.25) is 0 Å². The minimum Gasteiger partial charge on any atom is -0.468 e. The van der Waals surface area contributed by atoms with Crippen molar-refractivity contribution in [1.82, 2.24) is 0 Å². The van der Waals surface area contributed by atoms with E-state index in [-0.39, 0.29) is 5.97 Å². The van der Waals surface area contributed by atoms with Crippen LogP contribution in [0.5, 0.6) is 0 Å². The third kappa shape index (κ3) is 2.79. The molecule has 0 unspecified atom stereocenters. The van der Waals surface area contributed by atoms with Gasteiger partial charge in [-0.1, -0.05) is 19.1 Å². The highest BCUT2D eigenvalue weighted by Crippen LogP contribution is 2.27. The Labute approximate surface area is 101 Å². The fourth-order valence-corrected chi connectivity index (χ4v) is 2.17. The number of benzene rings is 1. The smallest absolute Gasteiger partial charge is 0.315 e. The van der Waals surface area contributed by atoms with Crippen molar-refractivity contribution in [2.75, 3.05) is 12.9 Å². The summed E-state index contributed by atoms with van der Waals surface area (Å²) in [5, 5.41) is 0. The number of hydrogen-bond donors (Lipinski definition) is 0. The van der Waals surface area contributed by atoms with Gasteiger partial charge in [-0.05, 0) is 37.3 Å². The number of ether oxygens (including phenoxy) is 1. The lowest BCUT2D eigenvalue weighted by atomic mass is 9.85. The second-order valence-corrected chi connectivity index (χ2v) is 5.41. The van der Waals surface area contributed by atoms with Crippen molar-refractivity contribution in [2.24, 2.45) is 0 Å². The quantitative estimate of drug-likeness (QED) is 0.595. The summed E-state index contributed by atoms with van der Waals surface area (Å²) in [6.45, 7) is 5.87. The van der Waals surface area contributed by atoms with Crippen LogP contribution in [0.4, 0.5) is 0 Å². The van der Waals surface area contributed by atoms with Crippen LogP contribution in [0.25, 0.3) is 0 Å². The van der Waals surface area contributed by atoms with Gasteiger partial charge < -0.3 is 4.74 Å². The van der Waals surface area contributed by atoms with E-state index in [4.69, 9.17) is 4.74 Å². The summed E-state index contributed by atoms with van der Waals surface area (Å²) in [5.41, 5.74) is 0.407. The van der Waals surface area contributed by atoms with E-state index in [2.05, 4.69) is 6.92 Å². The number of hydrogen-bond acceptors (Lipinski definition) is 3. The molecule has 1 aromatic rings. The summed E-state index contributed by atoms with van der Waals surface area (Å²) in [4.78, 5) is 12.8. The van der Waals surface area contributed by atoms with E-state index in [1.54, 1.807) is 11.8 Å². The zero-order chi connectivity index (χ0) is 12.2. The van der Waals surface area contributed by atoms with Gasteiger partial charge in [-0.3, -0.25) is 4.79 Å². The van der Waals surface area contributed by atoms with Gasteiger partial charge >= 0.3 is 5.97 Å². The van der Waals surface area contributed by atoms with Crippen molar-refractivity contribution in [3.05, 3.63) is 29.8 Å². The van der Waals surface area contributed by atoms with Crippen LogP contribution in [-0.2, 0) is 14.9 Å². The molecule has 0 heterocycles. The molecular weight excluding hydrogens is 220 g/mol. The second-order valence-electron chi connectivity index (χ2n) is 4.07. The molecule has 1 aromatic carbocycles. The first-order valence-electron chi connectivity index (χ1n) is 5.34. The minimum atomic E-state index is -0.579. The summed E-state index contributed by atoms with van der Waals surface area (Å²) in [7, 11) is 1.42. The van der Waals surface area contributed by atoms with Crippen LogP contribution in [-0.4, -0.2) is 18.8 Å². The largest absolute Gasteiger partial charge is 0.468 e. The normalized spacial score (nSPS) is 11.2. The molecule has 0 aliphatic carbocycles. The van der Waals surface area contributed by atoms with E-state index in [9.17, 15) is 4.79 Å². The van der Waals surface area contributed by atoms with Gasteiger partial charge in [0.15, 0.2) is 0 Å². The molecule has 0 fully saturated rings. The minimum absolute atomic E-state index is 0.205. The number of thioether (sulfide) groups is 1. The van der Waals surface area contributed by atoms with Crippen molar-refractivity contribution in [2.45, 2.75) is 31.1 Å². The third-order valence-electron chi connectivity index (χ3n) is 2.58. The fraction of sp³-hybridized carbons (Fsp3) is 0.462. The molecule has 88 valence electrons. The topological polar surface area (TPSA) is 26.3 Å². The van der Waals surface area contributed by atoms with E-state index in [0.29, 0.717) is 0 Å². The van der Waals surface area contributed by atoms with E-state index in [1.807, 2.05) is 38.1 Å². The molecule has 0 amide bonds. The highest BCUT2D eigenvalue weighted by atomic mass is 32.2. The maximum atomic E-state index is 11.6. The van der Waals surface area contributed by atoms with Gasteiger partial charge in [0.05, 0.1) is 12.5 Å². The Morgan fingerprint density at radius 1 is 1.31 bits per heavy atom. The van der Waals surface area contributed by atoms with E-state index in [1.165, 1.54) is 12.0 Å². The summed E-state index contributed by atoms with van der Waals surface area (Å²) >= 11 is 1.79. The van der Waals surface area contributed by atoms with Gasteiger partial charge in [0, 0.05) is 4.90 Å². The zero-order valence-electron chi connectivity index (χ0n) is 10.2. The molecule has 2 nitrogen and oxygen atoms in total. The summed E-state index contributed by atoms with van der Waals surface area (Å²) in [6.07, 6.45) is 0. The maximum Gasteiger partial charge on any atom is 0.315 e. The third-order valence-corrected chi connectivity index (χ3v) is 3.48. The Balaban J connectivity index is 2.92. The van der Waals surface area contributed by atoms with Crippen LogP contribution < -0.4 is 0 Å². The molecule has 0 saturated carbocycles. The predicted molar refractivity (Wildman–Crippen MR) is 67.9 cm³/mol. The number of methoxy groups -OCH3 is 1. The Hall–Kier alpha value is -0.960. The Morgan fingerprint density at radius 2 is 1.88 bits per heavy atom. The van der Waals surface area contributed by atoms with Gasteiger partial charge in [-0.2, -0.15) is 0 Å². The Bertz CT molecular complexity index is 355. The molecular formula is C13H18O2S. The standard InChI is InChI=1S/C13H18O2S/c1-5-16-11-8-6-10(7-9-11)13(2,3)12(14)15-4/h6-9H,5H2,1-4H3. The SMILES string of the molecule is CCSc1ccc(C(C)(C)C(=O)OC)cc1. The average molecular weight is 238 g/mol. The van der Waals surface area contributed by atoms with Crippen LogP contribution >= 0.6 is 11.8 Å². The molecule has 0 spiro atoms. The van der Waals surface area contributed by atoms with Crippen molar-refractivity contribution < 1.29 is 9.53 Å². The molecule has 16 heavy (non-hydrogen) atoms. The average Bonchev–Trinajstić information content (AvgIpc) is 2.29. The van der Waals surface area contributed by atoms with Crippen LogP contribution in [0.15, 0.2) is 29.2 Å². The fourth-order valence-electron chi connectivity index (χ4n) is 1.51. The van der Waals surface area contributed by atoms with Crippen molar-refractivity contribution in [3.63, 3.8) is 0 Å². The van der Waals surface area contributed by atoms with E-state index < -0.39 is 5.41 Å². The molecule has 3 heteroatoms. The number of carbonyl (C=O) groups is 1. The molecule has 0 N–H and O–H groups in total. The summed E-state index contributed by atoms with van der Waals surface area (Å²) < 4.78 is 4.80. The lowest BCUT2D eigenvalue weighted by Crippen LogP contribution is -2.30. The second kappa shape index (κ2) is 5.39. The zero-order valence-corrected chi connectivity index (χ0v) is 11.1. The molecule has 1 rings (SSSR count). The lowest BCUT2D eigenvalue weighted by molar-refractivity contribution is -0.146. The molecule has 0 aliphatic rings. The van der Waals surface area contributed by atoms with Gasteiger partial charge in [0.25, 0.3) is 0 Å². The molecule has 0 bridgehead atoms. The summed E-state index contributed by atoms with van der Waals surface area (Å²) in [5.74, 6) is 0.850. The first-order chi connectivity index (χ1) is 7.52. The van der Waals surface area contributed by atoms with Crippen molar-refractivity contribution in [1.29, 1.82) is 0 Å². The van der Waals surface area contributed by atoms with Crippen molar-refractivity contribution in [3.8, 4) is 0 Å². The number of rotatable bonds is 4. The highest BCUT2D eigenvalue weighted by Gasteiger charge is 2.30.